The van der Waals surface area contributed by atoms with E-state index in [4.69, 9.17) is 31.3 Å². The zero-order valence-corrected chi connectivity index (χ0v) is 21.3. The number of nitrogens with one attached hydrogen (secondary N) is 2. The predicted octanol–water partition coefficient (Wildman–Crippen LogP) is 4.51. The Labute approximate surface area is 205 Å². The number of likely N-dealkylation sites (tertiary alicyclic amines) is 1. The van der Waals surface area contributed by atoms with Crippen LogP contribution in [-0.2, 0) is 0 Å². The lowest BCUT2D eigenvalue weighted by Crippen LogP contribution is -2.42. The highest BCUT2D eigenvalue weighted by atomic mass is 35.5. The van der Waals surface area contributed by atoms with Crippen molar-refractivity contribution in [3.63, 3.8) is 0 Å². The van der Waals surface area contributed by atoms with E-state index in [0.717, 1.165) is 43.8 Å². The van der Waals surface area contributed by atoms with Crippen LogP contribution in [0.3, 0.4) is 0 Å². The number of anilines is 4. The maximum atomic E-state index is 6.32. The van der Waals surface area contributed by atoms with Crippen molar-refractivity contribution in [1.29, 1.82) is 0 Å². The topological polar surface area (TPSA) is 78.4 Å². The number of benzene rings is 1. The minimum atomic E-state index is 0.365. The molecule has 1 aromatic carbocycles. The second-order valence-corrected chi connectivity index (χ2v) is 10.4. The van der Waals surface area contributed by atoms with Crippen molar-refractivity contribution < 1.29 is 4.74 Å². The summed E-state index contributed by atoms with van der Waals surface area (Å²) in [5.74, 6) is 4.74. The molecule has 4 rings (SSSR count). The molecule has 0 aliphatic carbocycles. The van der Waals surface area contributed by atoms with E-state index in [9.17, 15) is 0 Å². The van der Waals surface area contributed by atoms with Crippen molar-refractivity contribution in [1.82, 2.24) is 19.9 Å². The average molecular weight is 492 g/mol. The molecule has 0 bridgehead atoms. The van der Waals surface area contributed by atoms with Crippen molar-refractivity contribution in [2.75, 3.05) is 61.3 Å². The Kier molecular flexibility index (Phi) is 8.38. The lowest BCUT2D eigenvalue weighted by molar-refractivity contribution is 0.252. The molecule has 0 spiro atoms. The average Bonchev–Trinajstić information content (AvgIpc) is 3.08. The summed E-state index contributed by atoms with van der Waals surface area (Å²) in [6.07, 6.45) is 5.83. The molecular weight excluding hydrogens is 458 g/mol. The molecule has 0 radical (unpaired) electrons. The highest BCUT2D eigenvalue weighted by Gasteiger charge is 2.24. The van der Waals surface area contributed by atoms with Gasteiger partial charge in [-0.3, -0.25) is 0 Å². The van der Waals surface area contributed by atoms with E-state index in [1.807, 2.05) is 30.0 Å². The molecule has 0 amide bonds. The quantitative estimate of drug-likeness (QED) is 0.581. The van der Waals surface area contributed by atoms with Crippen LogP contribution in [0, 0.1) is 0 Å². The molecule has 0 saturated carbocycles. The molecule has 8 nitrogen and oxygen atoms in total. The molecule has 2 aliphatic rings. The molecule has 2 aromatic rings. The molecule has 2 fully saturated rings. The lowest BCUT2D eigenvalue weighted by Gasteiger charge is -2.35. The Morgan fingerprint density at radius 3 is 2.67 bits per heavy atom. The van der Waals surface area contributed by atoms with Gasteiger partial charge >= 0.3 is 0 Å². The molecule has 2 saturated heterocycles. The van der Waals surface area contributed by atoms with Gasteiger partial charge in [-0.2, -0.15) is 26.7 Å². The molecule has 1 atom stereocenters. The highest BCUT2D eigenvalue weighted by molar-refractivity contribution is 7.99. The first-order valence-electron chi connectivity index (χ1n) is 11.6. The Morgan fingerprint density at radius 2 is 1.91 bits per heavy atom. The number of halogens is 1. The third kappa shape index (κ3) is 6.55. The van der Waals surface area contributed by atoms with Crippen LogP contribution in [0.4, 0.5) is 23.5 Å². The number of thioether (sulfide) groups is 1. The molecule has 2 N–H and O–H groups in total. The number of hydrogen-bond acceptors (Lipinski definition) is 9. The van der Waals surface area contributed by atoms with Gasteiger partial charge in [0.25, 0.3) is 0 Å². The van der Waals surface area contributed by atoms with Crippen LogP contribution in [0.2, 0.25) is 5.02 Å². The third-order valence-electron chi connectivity index (χ3n) is 6.33. The Hall–Kier alpha value is -1.97. The van der Waals surface area contributed by atoms with Crippen molar-refractivity contribution in [2.24, 2.45) is 0 Å². The minimum absolute atomic E-state index is 0.365. The maximum Gasteiger partial charge on any atom is 0.233 e. The van der Waals surface area contributed by atoms with Crippen molar-refractivity contribution in [3.8, 4) is 5.75 Å². The Balaban J connectivity index is 1.58. The fourth-order valence-corrected chi connectivity index (χ4v) is 5.63. The molecule has 2 aliphatic heterocycles. The van der Waals surface area contributed by atoms with Gasteiger partial charge in [0.2, 0.25) is 17.8 Å². The monoisotopic (exact) mass is 491 g/mol. The molecule has 1 aromatic heterocycles. The number of aromatic nitrogens is 3. The predicted molar refractivity (Wildman–Crippen MR) is 139 cm³/mol. The number of methoxy groups -OCH3 is 1. The largest absolute Gasteiger partial charge is 0.495 e. The van der Waals surface area contributed by atoms with Crippen molar-refractivity contribution in [2.45, 2.75) is 44.2 Å². The van der Waals surface area contributed by atoms with Crippen LogP contribution in [0.25, 0.3) is 0 Å². The Morgan fingerprint density at radius 1 is 1.12 bits per heavy atom. The van der Waals surface area contributed by atoms with Gasteiger partial charge < -0.3 is 25.2 Å². The van der Waals surface area contributed by atoms with Gasteiger partial charge in [0.15, 0.2) is 0 Å². The fourth-order valence-electron chi connectivity index (χ4n) is 4.26. The van der Waals surface area contributed by atoms with Crippen LogP contribution in [0.5, 0.6) is 5.75 Å². The molecule has 180 valence electrons. The summed E-state index contributed by atoms with van der Waals surface area (Å²) in [7, 11) is 5.87. The van der Waals surface area contributed by atoms with Crippen LogP contribution in [0.15, 0.2) is 18.2 Å². The van der Waals surface area contributed by atoms with E-state index in [1.54, 1.807) is 7.11 Å². The molecular formula is C23H34ClN7OS. The van der Waals surface area contributed by atoms with Crippen molar-refractivity contribution >= 4 is 46.9 Å². The standard InChI is InChI=1S/C23H34ClN7OS/c1-30-11-9-18(10-12-30)31(2)23-28-21(25-16-7-8-20(32-3)19(24)14-16)27-22(29-23)26-17-6-4-5-13-33-15-17/h7-8,14,17-18H,4-6,9-13,15H2,1-3H3,(H2,25,26,27,28,29). The summed E-state index contributed by atoms with van der Waals surface area (Å²) >= 11 is 8.32. The van der Waals surface area contributed by atoms with E-state index in [2.05, 4.69) is 34.5 Å². The number of rotatable bonds is 7. The van der Waals surface area contributed by atoms with Gasteiger partial charge in [0.1, 0.15) is 5.75 Å². The summed E-state index contributed by atoms with van der Waals surface area (Å²) < 4.78 is 5.27. The summed E-state index contributed by atoms with van der Waals surface area (Å²) in [6.45, 7) is 2.17. The van der Waals surface area contributed by atoms with Gasteiger partial charge in [-0.1, -0.05) is 18.0 Å². The van der Waals surface area contributed by atoms with Gasteiger partial charge in [-0.05, 0) is 69.8 Å². The van der Waals surface area contributed by atoms with E-state index in [1.165, 1.54) is 18.6 Å². The van der Waals surface area contributed by atoms with Crippen LogP contribution < -0.4 is 20.3 Å². The normalized spacial score (nSPS) is 20.2. The number of piperidine rings is 1. The lowest BCUT2D eigenvalue weighted by atomic mass is 10.0. The zero-order chi connectivity index (χ0) is 23.2. The first-order chi connectivity index (χ1) is 16.0. The summed E-state index contributed by atoms with van der Waals surface area (Å²) in [5, 5.41) is 7.42. The fraction of sp³-hybridized carbons (Fsp3) is 0.609. The molecule has 3 heterocycles. The second-order valence-electron chi connectivity index (χ2n) is 8.81. The first kappa shape index (κ1) is 24.2. The van der Waals surface area contributed by atoms with Crippen LogP contribution in [0.1, 0.15) is 32.1 Å². The van der Waals surface area contributed by atoms with Gasteiger partial charge in [0.05, 0.1) is 12.1 Å². The summed E-state index contributed by atoms with van der Waals surface area (Å²) in [6, 6.07) is 6.33. The number of nitrogens with zero attached hydrogens (tertiary/aromatic N) is 5. The van der Waals surface area contributed by atoms with E-state index in [0.29, 0.717) is 40.7 Å². The summed E-state index contributed by atoms with van der Waals surface area (Å²) in [5.41, 5.74) is 0.802. The van der Waals surface area contributed by atoms with Gasteiger partial charge in [-0.25, -0.2) is 0 Å². The van der Waals surface area contributed by atoms with E-state index >= 15 is 0 Å². The van der Waals surface area contributed by atoms with Gasteiger partial charge in [0, 0.05) is 30.6 Å². The first-order valence-corrected chi connectivity index (χ1v) is 13.2. The third-order valence-corrected chi connectivity index (χ3v) is 7.84. The summed E-state index contributed by atoms with van der Waals surface area (Å²) in [4.78, 5) is 18.9. The SMILES string of the molecule is COc1ccc(Nc2nc(NC3CCCCSC3)nc(N(C)C3CCN(C)CC3)n2)cc1Cl. The Bertz CT molecular complexity index is 918. The number of ether oxygens (including phenoxy) is 1. The molecule has 33 heavy (non-hydrogen) atoms. The maximum absolute atomic E-state index is 6.32. The van der Waals surface area contributed by atoms with Crippen LogP contribution in [-0.4, -0.2) is 77.7 Å². The smallest absolute Gasteiger partial charge is 0.233 e. The minimum Gasteiger partial charge on any atom is -0.495 e. The number of hydrogen-bond donors (Lipinski definition) is 2. The van der Waals surface area contributed by atoms with E-state index < -0.39 is 0 Å². The highest BCUT2D eigenvalue weighted by Crippen LogP contribution is 2.29. The molecule has 10 heteroatoms. The molecule has 1 unspecified atom stereocenters. The van der Waals surface area contributed by atoms with Crippen molar-refractivity contribution in [3.05, 3.63) is 23.2 Å². The second kappa shape index (κ2) is 11.4. The van der Waals surface area contributed by atoms with Crippen LogP contribution >= 0.6 is 23.4 Å². The van der Waals surface area contributed by atoms with E-state index in [-0.39, 0.29) is 0 Å². The van der Waals surface area contributed by atoms with Gasteiger partial charge in [-0.15, -0.1) is 0 Å². The zero-order valence-electron chi connectivity index (χ0n) is 19.7.